The lowest BCUT2D eigenvalue weighted by molar-refractivity contribution is 0.312. The number of nitrogens with zero attached hydrogens (tertiary/aromatic N) is 5. The van der Waals surface area contributed by atoms with Crippen molar-refractivity contribution in [1.82, 2.24) is 23.6 Å². The van der Waals surface area contributed by atoms with Gasteiger partial charge in [-0.25, -0.2) is 18.2 Å². The normalized spacial score (nSPS) is 17.5. The summed E-state index contributed by atoms with van der Waals surface area (Å²) in [4.78, 5) is 17.9. The second-order valence-electron chi connectivity index (χ2n) is 11.1. The van der Waals surface area contributed by atoms with Crippen LogP contribution in [-0.4, -0.2) is 45.1 Å². The molecule has 196 valence electrons. The quantitative estimate of drug-likeness (QED) is 0.386. The molecule has 3 aromatic heterocycles. The van der Waals surface area contributed by atoms with Crippen molar-refractivity contribution in [2.45, 2.75) is 57.9 Å². The van der Waals surface area contributed by atoms with Gasteiger partial charge in [-0.05, 0) is 37.3 Å². The Morgan fingerprint density at radius 1 is 1.11 bits per heavy atom. The molecule has 4 heterocycles. The maximum absolute atomic E-state index is 13.8. The van der Waals surface area contributed by atoms with Gasteiger partial charge in [-0.15, -0.1) is 0 Å². The topological polar surface area (TPSA) is 103 Å². The van der Waals surface area contributed by atoms with Crippen LogP contribution in [0, 0.1) is 12.3 Å². The first-order valence-corrected chi connectivity index (χ1v) is 14.0. The average molecular weight is 524 g/mol. The summed E-state index contributed by atoms with van der Waals surface area (Å²) in [6, 6.07) is 13.1. The molecular weight excluding hydrogens is 490 g/mol. The number of piperidine rings is 1. The highest BCUT2D eigenvalue weighted by Gasteiger charge is 2.36. The van der Waals surface area contributed by atoms with E-state index in [4.69, 9.17) is 9.51 Å². The van der Waals surface area contributed by atoms with E-state index in [9.17, 15) is 13.2 Å². The van der Waals surface area contributed by atoms with Crippen LogP contribution in [0.4, 0.5) is 0 Å². The van der Waals surface area contributed by atoms with Gasteiger partial charge in [0, 0.05) is 43.9 Å². The third kappa shape index (κ3) is 4.64. The van der Waals surface area contributed by atoms with Crippen LogP contribution in [0.15, 0.2) is 56.7 Å². The number of imidazole rings is 1. The van der Waals surface area contributed by atoms with E-state index in [1.165, 1.54) is 4.31 Å². The van der Waals surface area contributed by atoms with E-state index >= 15 is 0 Å². The molecule has 0 spiro atoms. The van der Waals surface area contributed by atoms with E-state index < -0.39 is 10.0 Å². The third-order valence-electron chi connectivity index (χ3n) is 6.89. The summed E-state index contributed by atoms with van der Waals surface area (Å²) in [5.41, 5.74) is 3.06. The van der Waals surface area contributed by atoms with Gasteiger partial charge in [-0.3, -0.25) is 9.13 Å². The number of fused-ring (bicyclic) bond motifs is 1. The summed E-state index contributed by atoms with van der Waals surface area (Å²) >= 11 is 0. The van der Waals surface area contributed by atoms with Crippen molar-refractivity contribution in [2.75, 3.05) is 13.1 Å². The van der Waals surface area contributed by atoms with Crippen molar-refractivity contribution in [3.63, 3.8) is 0 Å². The van der Waals surface area contributed by atoms with Crippen LogP contribution < -0.4 is 5.69 Å². The van der Waals surface area contributed by atoms with Crippen LogP contribution in [-0.2, 0) is 23.6 Å². The maximum Gasteiger partial charge on any atom is 0.330 e. The van der Waals surface area contributed by atoms with E-state index in [0.29, 0.717) is 43.0 Å². The summed E-state index contributed by atoms with van der Waals surface area (Å²) in [7, 11) is -2.12. The monoisotopic (exact) mass is 523 g/mol. The lowest BCUT2D eigenvalue weighted by atomic mass is 9.95. The predicted molar refractivity (Wildman–Crippen MR) is 142 cm³/mol. The fourth-order valence-corrected chi connectivity index (χ4v) is 6.92. The van der Waals surface area contributed by atoms with Crippen LogP contribution in [0.5, 0.6) is 0 Å². The van der Waals surface area contributed by atoms with Crippen LogP contribution in [0.1, 0.15) is 51.0 Å². The summed E-state index contributed by atoms with van der Waals surface area (Å²) in [5.74, 6) is 0.185. The van der Waals surface area contributed by atoms with Gasteiger partial charge in [-0.1, -0.05) is 56.3 Å². The van der Waals surface area contributed by atoms with Crippen molar-refractivity contribution in [3.05, 3.63) is 64.4 Å². The molecule has 1 aliphatic heterocycles. The van der Waals surface area contributed by atoms with Crippen molar-refractivity contribution in [1.29, 1.82) is 0 Å². The Balaban J connectivity index is 1.48. The first-order chi connectivity index (χ1) is 17.5. The Bertz CT molecular complexity index is 1610. The fraction of sp³-hybridized carbons (Fsp3) is 0.444. The number of sulfonamides is 1. The Morgan fingerprint density at radius 2 is 1.84 bits per heavy atom. The van der Waals surface area contributed by atoms with Gasteiger partial charge in [-0.2, -0.15) is 4.31 Å². The minimum absolute atomic E-state index is 0.0618. The molecule has 9 nitrogen and oxygen atoms in total. The van der Waals surface area contributed by atoms with Crippen LogP contribution >= 0.6 is 0 Å². The maximum atomic E-state index is 13.8. The van der Waals surface area contributed by atoms with Gasteiger partial charge < -0.3 is 4.52 Å². The first kappa shape index (κ1) is 25.4. The van der Waals surface area contributed by atoms with E-state index in [1.54, 1.807) is 23.1 Å². The van der Waals surface area contributed by atoms with Crippen LogP contribution in [0.25, 0.3) is 22.4 Å². The van der Waals surface area contributed by atoms with Gasteiger partial charge in [0.1, 0.15) is 5.69 Å². The smallest absolute Gasteiger partial charge is 0.330 e. The second-order valence-corrected chi connectivity index (χ2v) is 12.9. The van der Waals surface area contributed by atoms with Gasteiger partial charge >= 0.3 is 5.69 Å². The number of aryl methyl sites for hydroxylation is 2. The summed E-state index contributed by atoms with van der Waals surface area (Å²) in [5, 5.41) is 4.08. The highest BCUT2D eigenvalue weighted by molar-refractivity contribution is 7.89. The van der Waals surface area contributed by atoms with Crippen molar-refractivity contribution < 1.29 is 12.9 Å². The summed E-state index contributed by atoms with van der Waals surface area (Å²) in [6.45, 7) is 9.22. The minimum atomic E-state index is -3.85. The van der Waals surface area contributed by atoms with E-state index in [1.807, 2.05) is 42.5 Å². The zero-order chi connectivity index (χ0) is 26.5. The largest absolute Gasteiger partial charge is 0.360 e. The lowest BCUT2D eigenvalue weighted by Gasteiger charge is -2.31. The molecule has 0 amide bonds. The Hall–Kier alpha value is -3.24. The molecule has 1 aromatic carbocycles. The Labute approximate surface area is 216 Å². The highest BCUT2D eigenvalue weighted by Crippen LogP contribution is 2.35. The van der Waals surface area contributed by atoms with Crippen LogP contribution in [0.2, 0.25) is 0 Å². The molecular formula is C27H33N5O4S. The molecule has 37 heavy (non-hydrogen) atoms. The SMILES string of the molecule is Cc1onc(-c2ccccc2)c1S(=O)(=O)N1CCCC(c2ccc3c(n2)n(C)c(=O)n3CC(C)(C)C)C1. The predicted octanol–water partition coefficient (Wildman–Crippen LogP) is 4.31. The molecule has 0 N–H and O–H groups in total. The standard InChI is InChI=1S/C27H33N5O4S/c1-18-24(23(29-36-18)19-10-7-6-8-11-19)37(34,35)31-15-9-12-20(16-31)21-13-14-22-25(28-21)30(5)26(33)32(22)17-27(2,3)4/h6-8,10-11,13-14,20H,9,12,15-17H2,1-5H3. The van der Waals surface area contributed by atoms with Crippen LogP contribution in [0.3, 0.4) is 0 Å². The number of rotatable bonds is 5. The minimum Gasteiger partial charge on any atom is -0.360 e. The molecule has 0 bridgehead atoms. The number of hydrogen-bond acceptors (Lipinski definition) is 6. The molecule has 5 rings (SSSR count). The van der Waals surface area contributed by atoms with Gasteiger partial charge in [0.25, 0.3) is 0 Å². The average Bonchev–Trinajstić information content (AvgIpc) is 3.37. The zero-order valence-electron chi connectivity index (χ0n) is 21.9. The molecule has 1 fully saturated rings. The van der Waals surface area contributed by atoms with Crippen molar-refractivity contribution in [2.24, 2.45) is 12.5 Å². The van der Waals surface area contributed by atoms with Gasteiger partial charge in [0.15, 0.2) is 16.3 Å². The van der Waals surface area contributed by atoms with Gasteiger partial charge in [0.05, 0.1) is 5.52 Å². The van der Waals surface area contributed by atoms with E-state index in [2.05, 4.69) is 25.9 Å². The van der Waals surface area contributed by atoms with E-state index in [-0.39, 0.29) is 27.7 Å². The zero-order valence-corrected chi connectivity index (χ0v) is 22.7. The number of benzene rings is 1. The van der Waals surface area contributed by atoms with Crippen molar-refractivity contribution >= 4 is 21.2 Å². The molecule has 0 aliphatic carbocycles. The van der Waals surface area contributed by atoms with Gasteiger partial charge in [0.2, 0.25) is 10.0 Å². The molecule has 1 unspecified atom stereocenters. The van der Waals surface area contributed by atoms with Crippen molar-refractivity contribution in [3.8, 4) is 11.3 Å². The molecule has 1 aliphatic rings. The number of pyridine rings is 1. The fourth-order valence-electron chi connectivity index (χ4n) is 5.12. The molecule has 0 saturated carbocycles. The second kappa shape index (κ2) is 9.25. The molecule has 4 aromatic rings. The number of hydrogen-bond donors (Lipinski definition) is 0. The third-order valence-corrected chi connectivity index (χ3v) is 8.90. The molecule has 1 atom stereocenters. The summed E-state index contributed by atoms with van der Waals surface area (Å²) in [6.07, 6.45) is 1.52. The molecule has 10 heteroatoms. The molecule has 1 saturated heterocycles. The molecule has 0 radical (unpaired) electrons. The van der Waals surface area contributed by atoms with E-state index in [0.717, 1.165) is 17.6 Å². The number of aromatic nitrogens is 4. The highest BCUT2D eigenvalue weighted by atomic mass is 32.2. The Kier molecular flexibility index (Phi) is 6.35. The lowest BCUT2D eigenvalue weighted by Crippen LogP contribution is -2.39. The Morgan fingerprint density at radius 3 is 2.54 bits per heavy atom. The summed E-state index contributed by atoms with van der Waals surface area (Å²) < 4.78 is 37.9. The first-order valence-electron chi connectivity index (χ1n) is 12.6.